The molecule has 1 N–H and O–H groups in total. The Morgan fingerprint density at radius 2 is 2.00 bits per heavy atom. The van der Waals surface area contributed by atoms with E-state index in [2.05, 4.69) is 55.0 Å². The molecule has 17 heavy (non-hydrogen) atoms. The molecule has 0 radical (unpaired) electrons. The fourth-order valence-corrected chi connectivity index (χ4v) is 2.63. The Balaban J connectivity index is 2.23. The zero-order chi connectivity index (χ0) is 12.4. The number of likely N-dealkylation sites (N-methyl/N-ethyl adjacent to an activating group) is 1. The highest BCUT2D eigenvalue weighted by molar-refractivity contribution is 5.54. The van der Waals surface area contributed by atoms with Crippen LogP contribution in [0.2, 0.25) is 0 Å². The lowest BCUT2D eigenvalue weighted by atomic mass is 10.1. The summed E-state index contributed by atoms with van der Waals surface area (Å²) in [6.45, 7) is 6.52. The van der Waals surface area contributed by atoms with Gasteiger partial charge in [0.05, 0.1) is 12.6 Å². The monoisotopic (exact) mass is 234 g/mol. The van der Waals surface area contributed by atoms with E-state index in [9.17, 15) is 5.11 Å². The van der Waals surface area contributed by atoms with Gasteiger partial charge in [-0.2, -0.15) is 0 Å². The molecule has 1 aromatic carbocycles. The number of piperazine rings is 1. The van der Waals surface area contributed by atoms with Crippen LogP contribution in [-0.2, 0) is 0 Å². The van der Waals surface area contributed by atoms with Crippen LogP contribution in [0, 0.1) is 6.92 Å². The molecule has 1 aliphatic rings. The van der Waals surface area contributed by atoms with E-state index in [1.54, 1.807) is 0 Å². The van der Waals surface area contributed by atoms with Crippen molar-refractivity contribution in [3.63, 3.8) is 0 Å². The molecular formula is C14H22N2O. The largest absolute Gasteiger partial charge is 0.395 e. The number of hydrogen-bond donors (Lipinski definition) is 1. The van der Waals surface area contributed by atoms with Gasteiger partial charge >= 0.3 is 0 Å². The quantitative estimate of drug-likeness (QED) is 0.840. The summed E-state index contributed by atoms with van der Waals surface area (Å²) in [5.74, 6) is 0. The molecule has 94 valence electrons. The number of hydrogen-bond acceptors (Lipinski definition) is 3. The summed E-state index contributed by atoms with van der Waals surface area (Å²) in [7, 11) is 2.09. The van der Waals surface area contributed by atoms with Gasteiger partial charge in [0.25, 0.3) is 0 Å². The highest BCUT2D eigenvalue weighted by atomic mass is 16.3. The number of aliphatic hydroxyl groups is 1. The van der Waals surface area contributed by atoms with Crippen LogP contribution in [0.1, 0.15) is 12.5 Å². The molecule has 3 nitrogen and oxygen atoms in total. The van der Waals surface area contributed by atoms with E-state index < -0.39 is 0 Å². The molecule has 2 atom stereocenters. The predicted molar refractivity (Wildman–Crippen MR) is 71.5 cm³/mol. The molecule has 2 rings (SSSR count). The lowest BCUT2D eigenvalue weighted by Crippen LogP contribution is -2.57. The minimum atomic E-state index is 0.228. The van der Waals surface area contributed by atoms with E-state index in [-0.39, 0.29) is 12.6 Å². The van der Waals surface area contributed by atoms with E-state index in [0.717, 1.165) is 13.1 Å². The van der Waals surface area contributed by atoms with Gasteiger partial charge in [-0.1, -0.05) is 18.2 Å². The van der Waals surface area contributed by atoms with Crippen LogP contribution in [0.25, 0.3) is 0 Å². The molecule has 0 amide bonds. The molecule has 2 unspecified atom stereocenters. The molecule has 1 aliphatic heterocycles. The molecule has 1 saturated heterocycles. The van der Waals surface area contributed by atoms with Crippen LogP contribution < -0.4 is 4.90 Å². The molecule has 1 aromatic rings. The summed E-state index contributed by atoms with van der Waals surface area (Å²) >= 11 is 0. The van der Waals surface area contributed by atoms with Crippen molar-refractivity contribution in [2.24, 2.45) is 0 Å². The number of anilines is 1. The van der Waals surface area contributed by atoms with Gasteiger partial charge in [0.1, 0.15) is 0 Å². The number of benzene rings is 1. The van der Waals surface area contributed by atoms with Crippen LogP contribution in [-0.4, -0.2) is 48.8 Å². The fraction of sp³-hybridized carbons (Fsp3) is 0.571. The molecule has 1 fully saturated rings. The second-order valence-electron chi connectivity index (χ2n) is 5.06. The summed E-state index contributed by atoms with van der Waals surface area (Å²) in [6.07, 6.45) is 0. The molecule has 0 spiro atoms. The zero-order valence-corrected chi connectivity index (χ0v) is 10.9. The summed E-state index contributed by atoms with van der Waals surface area (Å²) < 4.78 is 0. The number of para-hydroxylation sites is 1. The maximum absolute atomic E-state index is 9.41. The predicted octanol–water partition coefficient (Wildman–Crippen LogP) is 1.50. The third-order valence-electron chi connectivity index (χ3n) is 3.75. The molecule has 0 aliphatic carbocycles. The van der Waals surface area contributed by atoms with Crippen molar-refractivity contribution in [1.29, 1.82) is 0 Å². The Bertz CT molecular complexity index is 380. The first-order valence-corrected chi connectivity index (χ1v) is 6.27. The molecule has 0 bridgehead atoms. The van der Waals surface area contributed by atoms with Gasteiger partial charge in [-0.05, 0) is 32.5 Å². The number of aliphatic hydroxyl groups excluding tert-OH is 1. The van der Waals surface area contributed by atoms with Crippen molar-refractivity contribution >= 4 is 5.69 Å². The smallest absolute Gasteiger partial charge is 0.0604 e. The van der Waals surface area contributed by atoms with Crippen LogP contribution in [0.3, 0.4) is 0 Å². The van der Waals surface area contributed by atoms with Gasteiger partial charge in [0, 0.05) is 24.8 Å². The van der Waals surface area contributed by atoms with Crippen LogP contribution in [0.5, 0.6) is 0 Å². The lowest BCUT2D eigenvalue weighted by Gasteiger charge is -2.44. The summed E-state index contributed by atoms with van der Waals surface area (Å²) in [6, 6.07) is 9.21. The SMILES string of the molecule is Cc1ccccc1N1CC(CO)N(C)CC1C. The Hall–Kier alpha value is -1.06. The maximum atomic E-state index is 9.41. The third kappa shape index (κ3) is 2.45. The summed E-state index contributed by atoms with van der Waals surface area (Å²) in [5.41, 5.74) is 2.60. The van der Waals surface area contributed by atoms with E-state index in [4.69, 9.17) is 0 Å². The van der Waals surface area contributed by atoms with Crippen LogP contribution in [0.4, 0.5) is 5.69 Å². The van der Waals surface area contributed by atoms with E-state index in [1.807, 2.05) is 0 Å². The van der Waals surface area contributed by atoms with E-state index in [1.165, 1.54) is 11.3 Å². The summed E-state index contributed by atoms with van der Waals surface area (Å²) in [4.78, 5) is 4.66. The van der Waals surface area contributed by atoms with Gasteiger partial charge in [0.15, 0.2) is 0 Å². The highest BCUT2D eigenvalue weighted by Gasteiger charge is 2.29. The fourth-order valence-electron chi connectivity index (χ4n) is 2.63. The van der Waals surface area contributed by atoms with Crippen LogP contribution in [0.15, 0.2) is 24.3 Å². The third-order valence-corrected chi connectivity index (χ3v) is 3.75. The zero-order valence-electron chi connectivity index (χ0n) is 10.9. The standard InChI is InChI=1S/C14H22N2O/c1-11-6-4-5-7-14(11)16-9-13(10-17)15(3)8-12(16)2/h4-7,12-13,17H,8-10H2,1-3H3. The van der Waals surface area contributed by atoms with Gasteiger partial charge in [0.2, 0.25) is 0 Å². The first-order valence-electron chi connectivity index (χ1n) is 6.27. The Labute approximate surface area is 104 Å². The van der Waals surface area contributed by atoms with Gasteiger partial charge < -0.3 is 10.0 Å². The molecule has 0 aromatic heterocycles. The Kier molecular flexibility index (Phi) is 3.69. The minimum Gasteiger partial charge on any atom is -0.395 e. The molecule has 0 saturated carbocycles. The summed E-state index contributed by atoms with van der Waals surface area (Å²) in [5, 5.41) is 9.41. The Morgan fingerprint density at radius 3 is 2.65 bits per heavy atom. The topological polar surface area (TPSA) is 26.7 Å². The average molecular weight is 234 g/mol. The lowest BCUT2D eigenvalue weighted by molar-refractivity contribution is 0.121. The van der Waals surface area contributed by atoms with Crippen molar-refractivity contribution in [2.75, 3.05) is 31.6 Å². The highest BCUT2D eigenvalue weighted by Crippen LogP contribution is 2.25. The average Bonchev–Trinajstić information content (AvgIpc) is 2.31. The Morgan fingerprint density at radius 1 is 1.29 bits per heavy atom. The van der Waals surface area contributed by atoms with Gasteiger partial charge in [-0.3, -0.25) is 4.90 Å². The van der Waals surface area contributed by atoms with E-state index >= 15 is 0 Å². The van der Waals surface area contributed by atoms with Crippen molar-refractivity contribution in [2.45, 2.75) is 25.9 Å². The second kappa shape index (κ2) is 5.07. The maximum Gasteiger partial charge on any atom is 0.0604 e. The molecule has 3 heteroatoms. The number of nitrogens with zero attached hydrogens (tertiary/aromatic N) is 2. The normalized spacial score (nSPS) is 26.2. The van der Waals surface area contributed by atoms with Gasteiger partial charge in [-0.25, -0.2) is 0 Å². The molecular weight excluding hydrogens is 212 g/mol. The van der Waals surface area contributed by atoms with Crippen molar-refractivity contribution in [3.05, 3.63) is 29.8 Å². The van der Waals surface area contributed by atoms with Crippen molar-refractivity contribution < 1.29 is 5.11 Å². The molecule has 1 heterocycles. The number of rotatable bonds is 2. The van der Waals surface area contributed by atoms with Crippen molar-refractivity contribution in [3.8, 4) is 0 Å². The van der Waals surface area contributed by atoms with Gasteiger partial charge in [-0.15, -0.1) is 0 Å². The van der Waals surface area contributed by atoms with Crippen molar-refractivity contribution in [1.82, 2.24) is 4.90 Å². The second-order valence-corrected chi connectivity index (χ2v) is 5.06. The van der Waals surface area contributed by atoms with Crippen LogP contribution >= 0.6 is 0 Å². The minimum absolute atomic E-state index is 0.228. The number of aryl methyl sites for hydroxylation is 1. The first-order chi connectivity index (χ1) is 8.13. The van der Waals surface area contributed by atoms with E-state index in [0.29, 0.717) is 6.04 Å². The first kappa shape index (κ1) is 12.4.